The van der Waals surface area contributed by atoms with Gasteiger partial charge in [0, 0.05) is 17.5 Å². The Morgan fingerprint density at radius 2 is 1.66 bits per heavy atom. The van der Waals surface area contributed by atoms with Crippen molar-refractivity contribution in [1.82, 2.24) is 0 Å². The van der Waals surface area contributed by atoms with Gasteiger partial charge in [-0.3, -0.25) is 4.79 Å². The van der Waals surface area contributed by atoms with Crippen molar-refractivity contribution in [3.63, 3.8) is 0 Å². The second-order valence-corrected chi connectivity index (χ2v) is 7.52. The van der Waals surface area contributed by atoms with E-state index in [9.17, 15) is 9.59 Å². The number of fused-ring (bicyclic) bond motifs is 3. The van der Waals surface area contributed by atoms with Crippen molar-refractivity contribution >= 4 is 22.8 Å². The summed E-state index contributed by atoms with van der Waals surface area (Å²) in [5.74, 6) is 2.24. The summed E-state index contributed by atoms with van der Waals surface area (Å²) in [6.45, 7) is 1.74. The summed E-state index contributed by atoms with van der Waals surface area (Å²) in [6, 6.07) is 8.96. The van der Waals surface area contributed by atoms with E-state index in [1.165, 1.54) is 6.92 Å². The number of carbonyl (C=O) groups is 1. The highest BCUT2D eigenvalue weighted by Crippen LogP contribution is 2.37. The van der Waals surface area contributed by atoms with Gasteiger partial charge in [-0.25, -0.2) is 4.79 Å². The monoisotopic (exact) mass is 436 g/mol. The van der Waals surface area contributed by atoms with Gasteiger partial charge in [0.05, 0.1) is 26.9 Å². The van der Waals surface area contributed by atoms with Crippen LogP contribution in [0.4, 0.5) is 0 Å². The van der Waals surface area contributed by atoms with Gasteiger partial charge in [0.2, 0.25) is 0 Å². The predicted molar refractivity (Wildman–Crippen MR) is 120 cm³/mol. The Morgan fingerprint density at radius 3 is 2.28 bits per heavy atom. The molecule has 3 aromatic rings. The van der Waals surface area contributed by atoms with Crippen molar-refractivity contribution in [2.75, 3.05) is 21.3 Å². The Hall–Kier alpha value is -3.74. The Labute approximate surface area is 185 Å². The number of ketones is 1. The maximum absolute atomic E-state index is 12.6. The third kappa shape index (κ3) is 4.06. The Bertz CT molecular complexity index is 1260. The Kier molecular flexibility index (Phi) is 5.90. The summed E-state index contributed by atoms with van der Waals surface area (Å²) >= 11 is 0. The van der Waals surface area contributed by atoms with E-state index >= 15 is 0 Å². The molecule has 0 bridgehead atoms. The number of hydrogen-bond acceptors (Lipinski definition) is 7. The van der Waals surface area contributed by atoms with Gasteiger partial charge in [-0.1, -0.05) is 0 Å². The van der Waals surface area contributed by atoms with E-state index in [1.807, 2.05) is 18.2 Å². The molecule has 0 saturated carbocycles. The average molecular weight is 436 g/mol. The molecule has 0 unspecified atom stereocenters. The lowest BCUT2D eigenvalue weighted by atomic mass is 9.89. The van der Waals surface area contributed by atoms with Crippen LogP contribution in [0.25, 0.3) is 17.0 Å². The van der Waals surface area contributed by atoms with Crippen LogP contribution in [0.3, 0.4) is 0 Å². The van der Waals surface area contributed by atoms with Crippen LogP contribution in [0.1, 0.15) is 30.0 Å². The molecule has 0 saturated heterocycles. The fourth-order valence-electron chi connectivity index (χ4n) is 3.87. The molecule has 7 heteroatoms. The number of ether oxygens (including phenoxy) is 4. The second kappa shape index (κ2) is 8.78. The lowest BCUT2D eigenvalue weighted by molar-refractivity contribution is -0.113. The smallest absolute Gasteiger partial charge is 0.343 e. The molecule has 0 fully saturated rings. The lowest BCUT2D eigenvalue weighted by Gasteiger charge is -2.17. The molecular formula is C25H24O7. The number of carbonyl (C=O) groups excluding carboxylic acids is 1. The molecule has 0 aliphatic heterocycles. The number of Topliss-reactive ketones (excluding diaryl/α,β-unsaturated/α-hetero) is 1. The Balaban J connectivity index is 1.72. The number of benzene rings is 2. The zero-order valence-electron chi connectivity index (χ0n) is 18.4. The summed E-state index contributed by atoms with van der Waals surface area (Å²) in [4.78, 5) is 24.4. The minimum absolute atomic E-state index is 0.0364. The van der Waals surface area contributed by atoms with E-state index in [1.54, 1.807) is 39.5 Å². The van der Waals surface area contributed by atoms with Crippen molar-refractivity contribution in [3.8, 4) is 23.0 Å². The number of aryl methyl sites for hydroxylation is 1. The zero-order valence-corrected chi connectivity index (χ0v) is 18.4. The summed E-state index contributed by atoms with van der Waals surface area (Å²) in [6.07, 6.45) is 2.80. The topological polar surface area (TPSA) is 84.2 Å². The van der Waals surface area contributed by atoms with Crippen LogP contribution < -0.4 is 24.6 Å². The van der Waals surface area contributed by atoms with E-state index in [0.717, 1.165) is 16.5 Å². The average Bonchev–Trinajstić information content (AvgIpc) is 2.81. The van der Waals surface area contributed by atoms with E-state index < -0.39 is 5.63 Å². The number of rotatable bonds is 7. The van der Waals surface area contributed by atoms with Gasteiger partial charge in [-0.05, 0) is 60.7 Å². The first kappa shape index (κ1) is 21.5. The quantitative estimate of drug-likeness (QED) is 0.510. The number of methoxy groups -OCH3 is 3. The number of allylic oxidation sites excluding steroid dienone is 1. The first-order valence-electron chi connectivity index (χ1n) is 10.2. The van der Waals surface area contributed by atoms with E-state index in [0.29, 0.717) is 52.6 Å². The van der Waals surface area contributed by atoms with Gasteiger partial charge >= 0.3 is 5.63 Å². The third-order valence-corrected chi connectivity index (χ3v) is 5.56. The molecular weight excluding hydrogens is 412 g/mol. The van der Waals surface area contributed by atoms with Crippen LogP contribution in [0.2, 0.25) is 0 Å². The fourth-order valence-corrected chi connectivity index (χ4v) is 3.87. The summed E-state index contributed by atoms with van der Waals surface area (Å²) in [7, 11) is 4.73. The molecule has 32 heavy (non-hydrogen) atoms. The molecule has 0 atom stereocenters. The van der Waals surface area contributed by atoms with Crippen molar-refractivity contribution < 1.29 is 28.2 Å². The molecule has 0 radical (unpaired) electrons. The highest BCUT2D eigenvalue weighted by atomic mass is 16.5. The van der Waals surface area contributed by atoms with Gasteiger partial charge in [0.25, 0.3) is 0 Å². The zero-order chi connectivity index (χ0) is 22.8. The van der Waals surface area contributed by atoms with E-state index in [-0.39, 0.29) is 12.4 Å². The van der Waals surface area contributed by atoms with Crippen molar-refractivity contribution in [2.45, 2.75) is 26.4 Å². The lowest BCUT2D eigenvalue weighted by Crippen LogP contribution is -2.14. The normalized spacial score (nSPS) is 12.7. The molecule has 1 aliphatic carbocycles. The van der Waals surface area contributed by atoms with Crippen LogP contribution in [-0.2, 0) is 17.8 Å². The first-order chi connectivity index (χ1) is 15.4. The molecule has 4 rings (SSSR count). The molecule has 0 N–H and O–H groups in total. The minimum atomic E-state index is -0.473. The van der Waals surface area contributed by atoms with Gasteiger partial charge < -0.3 is 23.4 Å². The molecule has 166 valence electrons. The second-order valence-electron chi connectivity index (χ2n) is 7.52. The highest BCUT2D eigenvalue weighted by Gasteiger charge is 2.22. The highest BCUT2D eigenvalue weighted by molar-refractivity contribution is 5.99. The maximum atomic E-state index is 12.6. The van der Waals surface area contributed by atoms with Crippen LogP contribution >= 0.6 is 0 Å². The van der Waals surface area contributed by atoms with Gasteiger partial charge in [0.15, 0.2) is 17.3 Å². The summed E-state index contributed by atoms with van der Waals surface area (Å²) in [5, 5.41) is 0.769. The van der Waals surface area contributed by atoms with Gasteiger partial charge in [-0.2, -0.15) is 0 Å². The molecule has 2 aromatic carbocycles. The number of hydrogen-bond donors (Lipinski definition) is 0. The standard InChI is InChI=1S/C25H24O7/c1-14(26)16-5-6-19-20-11-23(30-4)24(12-22(20)32-25(27)21(19)9-16)31-13-15-7-17(28-2)10-18(8-15)29-3/h7-12H,5-6,13H2,1-4H3. The van der Waals surface area contributed by atoms with E-state index in [2.05, 4.69) is 0 Å². The third-order valence-electron chi connectivity index (χ3n) is 5.56. The van der Waals surface area contributed by atoms with Crippen LogP contribution in [0.15, 0.2) is 45.1 Å². The van der Waals surface area contributed by atoms with Crippen molar-refractivity contribution in [2.24, 2.45) is 0 Å². The molecule has 7 nitrogen and oxygen atoms in total. The van der Waals surface area contributed by atoms with Crippen molar-refractivity contribution in [3.05, 3.63) is 63.0 Å². The molecule has 1 heterocycles. The minimum Gasteiger partial charge on any atom is -0.497 e. The van der Waals surface area contributed by atoms with Crippen LogP contribution in [0, 0.1) is 0 Å². The van der Waals surface area contributed by atoms with E-state index in [4.69, 9.17) is 23.4 Å². The van der Waals surface area contributed by atoms with Crippen LogP contribution in [0.5, 0.6) is 23.0 Å². The molecule has 1 aromatic heterocycles. The van der Waals surface area contributed by atoms with Crippen molar-refractivity contribution in [1.29, 1.82) is 0 Å². The SMILES string of the molecule is COc1cc(COc2cc3oc(=O)c4c(c3cc2OC)CCC(C(C)=O)=C4)cc(OC)c1. The van der Waals surface area contributed by atoms with Crippen LogP contribution in [-0.4, -0.2) is 27.1 Å². The molecule has 1 aliphatic rings. The summed E-state index contributed by atoms with van der Waals surface area (Å²) in [5.41, 5.74) is 2.69. The first-order valence-corrected chi connectivity index (χ1v) is 10.2. The molecule has 0 amide bonds. The summed E-state index contributed by atoms with van der Waals surface area (Å²) < 4.78 is 27.7. The maximum Gasteiger partial charge on any atom is 0.343 e. The fraction of sp³-hybridized carbons (Fsp3) is 0.280. The predicted octanol–water partition coefficient (Wildman–Crippen LogP) is 4.32. The largest absolute Gasteiger partial charge is 0.497 e. The van der Waals surface area contributed by atoms with Gasteiger partial charge in [-0.15, -0.1) is 0 Å². The molecule has 0 spiro atoms. The Morgan fingerprint density at radius 1 is 0.938 bits per heavy atom. The van der Waals surface area contributed by atoms with Gasteiger partial charge in [0.1, 0.15) is 23.7 Å².